The number of ether oxygens (including phenoxy) is 7. The van der Waals surface area contributed by atoms with E-state index in [9.17, 15) is 19.5 Å². The maximum absolute atomic E-state index is 13.0. The number of benzene rings is 2. The number of carbonyl (C=O) groups excluding carboxylic acids is 3. The standard InChI is InChI=1S/C46H81BrO8Si3.C32H65IO5Si3.C14H15BrO3.C4H10O.C4H9.2BrH.Li.Mg/c1-18-22-35-28-30-37-39(50-35)41(54-57(14,15)45(6,7)8)42(55-58(16,17)46(9,10)11)40(52-37)38(53-56(12,13)44(3,4)5)29-26-34(48)25-27-36(31-32(2)47)51-43(49)33-23-20-19-21-24-33;1-17-18-23-19-20-24-26(34-23)28(37-40(13,14)31(5,6)7)29(38-41(15,16)32(8,9)10)27(35-24)25(21-22-33)36-39(11,12)30(2,3)4;1-11(15)10-13(8-5-9-16)18-14(17)12-6-3-2-4-7-12;1-3-5-4-2;1-3-4-2;;;;/h19-21,23-24,26,29,34-42,48H,2,18,22,25,27-28,30-31H2,1,3-17H3;21-29H,17-20H2,1-16H3;2-4,6-7,9,13H,1,5,8,10H2;3-4H2,1-2H3;1,3-4H2,2H3;2*1H;;/q;;;;-1;;;+1;+2/p-2/b29-26+;22-21+;;;;;;;/t34?,35-,36+,37-,38-,39-,40-,41-,42+;23-,24-,25-,26-,27-,28-,29+;13-;;;;;;/m001....../s1. The summed E-state index contributed by atoms with van der Waals surface area (Å²) in [4.78, 5) is 35.2. The Morgan fingerprint density at radius 1 is 0.485 bits per heavy atom. The molecule has 30 heteroatoms. The quantitative estimate of drug-likeness (QED) is 0.0167. The number of hydrogen-bond donors (Lipinski definition) is 1. The number of unbranched alkanes of at least 4 members (excludes halogenated alkanes) is 1. The molecule has 1 unspecified atom stereocenters. The van der Waals surface area contributed by atoms with Crippen LogP contribution in [0, 0.1) is 6.92 Å². The van der Waals surface area contributed by atoms with Crippen molar-refractivity contribution in [2.24, 2.45) is 0 Å². The minimum Gasteiger partial charge on any atom is -1.00 e. The van der Waals surface area contributed by atoms with E-state index in [0.29, 0.717) is 49.7 Å². The molecule has 0 aliphatic carbocycles. The van der Waals surface area contributed by atoms with Crippen LogP contribution in [0.15, 0.2) is 105 Å². The number of esters is 2. The largest absolute Gasteiger partial charge is 2.00 e. The first-order valence-corrected chi connectivity index (χ1v) is 67.4. The van der Waals surface area contributed by atoms with Crippen molar-refractivity contribution in [3.05, 3.63) is 123 Å². The van der Waals surface area contributed by atoms with E-state index in [2.05, 4.69) is 309 Å². The molecule has 0 spiro atoms. The summed E-state index contributed by atoms with van der Waals surface area (Å²) in [7, 11) is -13.7. The second-order valence-corrected chi connectivity index (χ2v) is 75.5. The summed E-state index contributed by atoms with van der Waals surface area (Å²) in [5.41, 5.74) is 0.997. The van der Waals surface area contributed by atoms with E-state index < -0.39 is 86.4 Å². The first-order valence-electron chi connectivity index (χ1n) is 47.2. The molecule has 0 saturated carbocycles. The Balaban J connectivity index is -0.00000193. The van der Waals surface area contributed by atoms with Crippen molar-refractivity contribution >= 4 is 146 Å². The molecule has 4 heterocycles. The molecule has 17 nitrogen and oxygen atoms in total. The second kappa shape index (κ2) is 61.1. The fraction of sp³-hybridized carbons (Fsp3) is 0.760. The molecule has 0 amide bonds. The zero-order valence-electron chi connectivity index (χ0n) is 87.9. The van der Waals surface area contributed by atoms with Crippen LogP contribution in [0.25, 0.3) is 0 Å². The molecule has 0 bridgehead atoms. The van der Waals surface area contributed by atoms with Gasteiger partial charge in [0.25, 0.3) is 0 Å². The van der Waals surface area contributed by atoms with Crippen LogP contribution >= 0.6 is 54.5 Å². The van der Waals surface area contributed by atoms with E-state index in [1.165, 1.54) is 6.42 Å². The number of aldehydes is 1. The van der Waals surface area contributed by atoms with Crippen LogP contribution in [0.3, 0.4) is 0 Å². The molecule has 2 aromatic carbocycles. The maximum Gasteiger partial charge on any atom is 2.00 e. The minimum atomic E-state index is -2.42. The van der Waals surface area contributed by atoms with Crippen molar-refractivity contribution in [2.75, 3.05) is 13.2 Å². The fourth-order valence-corrected chi connectivity index (χ4v) is 22.2. The molecule has 17 atom stereocenters. The van der Waals surface area contributed by atoms with Crippen LogP contribution in [0.1, 0.15) is 283 Å². The maximum atomic E-state index is 13.0. The molecule has 130 heavy (non-hydrogen) atoms. The van der Waals surface area contributed by atoms with Crippen LogP contribution in [0.4, 0.5) is 0 Å². The molecule has 0 aromatic heterocycles. The van der Waals surface area contributed by atoms with Gasteiger partial charge < -0.3 is 111 Å². The van der Waals surface area contributed by atoms with Gasteiger partial charge in [0, 0.05) is 32.5 Å². The van der Waals surface area contributed by atoms with Gasteiger partial charge in [-0.15, -0.1) is 0 Å². The fourth-order valence-electron chi connectivity index (χ4n) is 13.3. The van der Waals surface area contributed by atoms with Gasteiger partial charge >= 0.3 is 53.9 Å². The Hall–Kier alpha value is 0.845. The van der Waals surface area contributed by atoms with Gasteiger partial charge in [0.15, 0.2) is 49.9 Å². The smallest absolute Gasteiger partial charge is 1.00 e. The molecule has 4 fully saturated rings. The Kier molecular flexibility index (Phi) is 63.4. The van der Waals surface area contributed by atoms with Crippen LogP contribution in [-0.2, 0) is 64.5 Å². The zero-order valence-corrected chi connectivity index (χ0v) is 104. The average molecular weight is 2300 g/mol. The van der Waals surface area contributed by atoms with Crippen LogP contribution in [-0.4, -0.2) is 213 Å². The van der Waals surface area contributed by atoms with Crippen LogP contribution in [0.5, 0.6) is 0 Å². The summed E-state index contributed by atoms with van der Waals surface area (Å²) in [6.45, 7) is 92.6. The normalized spacial score (nSPS) is 23.0. The molecule has 2 aromatic rings. The first-order chi connectivity index (χ1) is 57.8. The van der Waals surface area contributed by atoms with Gasteiger partial charge in [0.1, 0.15) is 67.3 Å². The predicted octanol–water partition coefficient (Wildman–Crippen LogP) is 19.5. The second-order valence-electron chi connectivity index (χ2n) is 44.0. The van der Waals surface area contributed by atoms with Crippen LogP contribution in [0.2, 0.25) is 109 Å². The topological polar surface area (TPSA) is 191 Å². The first kappa shape index (κ1) is 135. The van der Waals surface area contributed by atoms with E-state index >= 15 is 0 Å². The number of hydrogen-bond acceptors (Lipinski definition) is 17. The van der Waals surface area contributed by atoms with E-state index in [1.807, 2.05) is 50.3 Å². The number of fused-ring (bicyclic) bond motifs is 2. The van der Waals surface area contributed by atoms with Gasteiger partial charge in [0.2, 0.25) is 0 Å². The summed E-state index contributed by atoms with van der Waals surface area (Å²) in [6.07, 6.45) is 15.2. The predicted molar refractivity (Wildman–Crippen MR) is 563 cm³/mol. The average Bonchev–Trinajstić information content (AvgIpc) is 0.747. The van der Waals surface area contributed by atoms with E-state index in [-0.39, 0.29) is 185 Å². The summed E-state index contributed by atoms with van der Waals surface area (Å²) in [5, 5.41) is 11.6. The van der Waals surface area contributed by atoms with Gasteiger partial charge in [-0.25, -0.2) is 9.59 Å². The SMILES string of the molecule is C=C(Br)C[C@@H](CCC(O)/C=C/[C@H](O[Si](C)(C)C(C)(C)C)[C@@H]1O[C@H]2CC[C@H](CCC)O[C@@H]2[C@H](O[Si](C)(C)C(C)(C)C)[C@@H]1O[Si](C)(C)C(C)(C)C)OC(=O)c1ccccc1.C=C(Br)C[C@@H](CCC=O)OC(=O)c1ccccc1.CCC[C@H]1CC[C@@H]2O[C@@H]([C@H](/C=C/I)O[Si](C)(C)C(C)(C)C)[C@@H](O[Si](C)(C)C(C)(C)C)[C@@H](O[Si](C)(C)C(C)(C)C)[C@H]2O1.CCOCC.[Br-].[Br-].[CH2-]CCC.[Li+].[Mg+2]. The Morgan fingerprint density at radius 3 is 1.06 bits per heavy atom. The van der Waals surface area contributed by atoms with Gasteiger partial charge in [-0.2, -0.15) is 6.42 Å². The number of halogens is 5. The van der Waals surface area contributed by atoms with Crippen molar-refractivity contribution in [1.82, 2.24) is 0 Å². The third-order valence-electron chi connectivity index (χ3n) is 27.3. The number of aliphatic hydroxyl groups excluding tert-OH is 1. The molecule has 4 saturated heterocycles. The Morgan fingerprint density at radius 2 is 0.792 bits per heavy atom. The summed E-state index contributed by atoms with van der Waals surface area (Å²) < 4.78 is 92.6. The third-order valence-corrected chi connectivity index (χ3v) is 55.2. The van der Waals surface area contributed by atoms with Crippen molar-refractivity contribution in [3.8, 4) is 0 Å². The van der Waals surface area contributed by atoms with Crippen molar-refractivity contribution in [2.45, 2.75) is 475 Å². The van der Waals surface area contributed by atoms with E-state index in [4.69, 9.17) is 59.7 Å². The van der Waals surface area contributed by atoms with Crippen LogP contribution < -0.4 is 52.8 Å². The molecule has 6 rings (SSSR count). The van der Waals surface area contributed by atoms with Gasteiger partial charge in [-0.05, 0) is 224 Å². The molecule has 1 N–H and O–H groups in total. The zero-order chi connectivity index (χ0) is 96.8. The summed E-state index contributed by atoms with van der Waals surface area (Å²) >= 11 is 9.02. The van der Waals surface area contributed by atoms with Crippen molar-refractivity contribution in [1.29, 1.82) is 0 Å². The third kappa shape index (κ3) is 44.8. The summed E-state index contributed by atoms with van der Waals surface area (Å²) in [5.74, 6) is -0.768. The monoisotopic (exact) mass is 2290 g/mol. The molecule has 744 valence electrons. The molecular formula is C100H180Br4ILiMgO17Si6. The molecule has 0 radical (unpaired) electrons. The van der Waals surface area contributed by atoms with E-state index in [0.717, 1.165) is 86.3 Å². The Labute approximate surface area is 879 Å². The van der Waals surface area contributed by atoms with Gasteiger partial charge in [-0.3, -0.25) is 0 Å². The van der Waals surface area contributed by atoms with Gasteiger partial charge in [-0.1, -0.05) is 281 Å². The van der Waals surface area contributed by atoms with E-state index in [1.54, 1.807) is 36.4 Å². The molecule has 4 aliphatic heterocycles. The molecular weight excluding hydrogens is 2120 g/mol. The van der Waals surface area contributed by atoms with Crippen molar-refractivity contribution in [3.63, 3.8) is 0 Å². The van der Waals surface area contributed by atoms with Crippen molar-refractivity contribution < 1.29 is 132 Å². The summed E-state index contributed by atoms with van der Waals surface area (Å²) in [6, 6.07) is 17.8. The Bertz CT molecular complexity index is 3570. The minimum absolute atomic E-state index is 0. The number of carbonyl (C=O) groups is 3. The number of rotatable bonds is 38. The number of aliphatic hydroxyl groups is 1. The van der Waals surface area contributed by atoms with Gasteiger partial charge in [0.05, 0.1) is 53.9 Å². The molecule has 4 aliphatic rings.